The highest BCUT2D eigenvalue weighted by Gasteiger charge is 2.36. The van der Waals surface area contributed by atoms with Crippen LogP contribution in [0.15, 0.2) is 352 Å². The molecule has 0 aliphatic heterocycles. The molecule has 16 aromatic rings. The van der Waals surface area contributed by atoms with E-state index in [0.717, 1.165) is 76.0 Å². The second kappa shape index (κ2) is 39.2. The Morgan fingerprint density at radius 3 is 0.563 bits per heavy atom. The largest absolute Gasteiger partial charge is 0.0622 e. The Morgan fingerprint density at radius 2 is 0.357 bits per heavy atom. The van der Waals surface area contributed by atoms with Crippen molar-refractivity contribution in [3.63, 3.8) is 0 Å². The minimum Gasteiger partial charge on any atom is -0.0622 e. The van der Waals surface area contributed by atoms with E-state index in [9.17, 15) is 0 Å². The molecule has 4 aliphatic rings. The number of fused-ring (bicyclic) bond motifs is 4. The molecule has 4 heteroatoms. The van der Waals surface area contributed by atoms with Gasteiger partial charge in [0.25, 0.3) is 0 Å². The molecule has 20 rings (SSSR count). The zero-order chi connectivity index (χ0) is 85.4. The third-order valence-corrected chi connectivity index (χ3v) is 37.3. The Labute approximate surface area is 756 Å². The maximum Gasteiger partial charge on any atom is 0.00199 e. The van der Waals surface area contributed by atoms with Gasteiger partial charge in [0.1, 0.15) is 0 Å². The lowest BCUT2D eigenvalue weighted by Crippen LogP contribution is -2.18. The van der Waals surface area contributed by atoms with Crippen molar-refractivity contribution in [2.24, 2.45) is 0 Å². The van der Waals surface area contributed by atoms with Crippen LogP contribution in [0.2, 0.25) is 0 Å². The first-order chi connectivity index (χ1) is 62.0. The van der Waals surface area contributed by atoms with Crippen LogP contribution < -0.4 is 42.4 Å². The molecule has 0 amide bonds. The van der Waals surface area contributed by atoms with Crippen LogP contribution in [0.1, 0.15) is 152 Å². The summed E-state index contributed by atoms with van der Waals surface area (Å²) in [5, 5.41) is 11.6. The summed E-state index contributed by atoms with van der Waals surface area (Å²) in [6.45, 7) is 14.0. The number of hydrogen-bond donors (Lipinski definition) is 0. The fourth-order valence-corrected chi connectivity index (χ4v) is 31.4. The molecule has 0 bridgehead atoms. The topological polar surface area (TPSA) is 0 Å². The smallest absolute Gasteiger partial charge is 0.00199 e. The third kappa shape index (κ3) is 18.0. The zero-order valence-corrected chi connectivity index (χ0v) is 78.0. The van der Waals surface area contributed by atoms with Crippen LogP contribution in [-0.4, -0.2) is 0 Å². The van der Waals surface area contributed by atoms with Crippen molar-refractivity contribution in [1.29, 1.82) is 0 Å². The summed E-state index contributed by atoms with van der Waals surface area (Å²) >= 11 is 0. The standard InChI is InChI=1S/C64H64P2.C58H52P2/c1-43-35-45(3)61(46(4)36-43)57-39-49-23-19-21-33-55(49)63(59(57)41-65(51-25-11-7-12-26-51)52-27-13-8-14-28-52)64-56-34-22-20-24-50(56)40-58(62-47(5)37-44(2)38-48(62)6)60(64)42-66(53-29-15-9-16-30-53)54-31-17-10-18-32-54;1-7-23-43(24-8-1)53-39-45-27-19-21-37-51(45)57(55(53)41-59(47-29-11-3-12-30-47)48-31-13-4-14-32-48)58-52-38-22-20-28-46(52)40-54(44-25-9-2-10-26-44)56(58)42-60(49-33-15-5-16-34-49)50-35-17-6-18-36-50/h7-18,25-32,35-40H,19-24,33-34,41-42H2,1-6H3;1-18,23-26,29-36,39-40H,19-22,27-28,37-38,41-42H2. The molecule has 4 aliphatic carbocycles. The summed E-state index contributed by atoms with van der Waals surface area (Å²) in [5.41, 5.74) is 44.9. The van der Waals surface area contributed by atoms with Crippen molar-refractivity contribution in [2.45, 2.75) is 169 Å². The molecule has 0 fully saturated rings. The molecule has 0 spiro atoms. The van der Waals surface area contributed by atoms with E-state index in [1.54, 1.807) is 89.0 Å². The van der Waals surface area contributed by atoms with Crippen molar-refractivity contribution in [2.75, 3.05) is 0 Å². The number of benzene rings is 16. The molecule has 0 unspecified atom stereocenters. The molecule has 0 aromatic heterocycles. The Balaban J connectivity index is 0.000000165. The highest BCUT2D eigenvalue weighted by atomic mass is 31.1. The minimum atomic E-state index is -0.750. The summed E-state index contributed by atoms with van der Waals surface area (Å²) < 4.78 is 0. The van der Waals surface area contributed by atoms with Crippen LogP contribution in [0, 0.1) is 41.5 Å². The molecule has 0 radical (unpaired) electrons. The van der Waals surface area contributed by atoms with Crippen LogP contribution in [0.25, 0.3) is 66.8 Å². The van der Waals surface area contributed by atoms with Gasteiger partial charge >= 0.3 is 0 Å². The maximum absolute atomic E-state index is 2.70. The lowest BCUT2D eigenvalue weighted by Gasteiger charge is -2.34. The van der Waals surface area contributed by atoms with Crippen molar-refractivity contribution in [1.82, 2.24) is 0 Å². The van der Waals surface area contributed by atoms with Gasteiger partial charge in [-0.05, 0) is 374 Å². The number of hydrogen-bond acceptors (Lipinski definition) is 0. The fraction of sp³-hybridized carbons (Fsp3) is 0.213. The van der Waals surface area contributed by atoms with E-state index in [4.69, 9.17) is 0 Å². The Bertz CT molecular complexity index is 5890. The van der Waals surface area contributed by atoms with E-state index < -0.39 is 31.7 Å². The summed E-state index contributed by atoms with van der Waals surface area (Å²) in [6.07, 6.45) is 23.0. The molecular weight excluding hydrogens is 1590 g/mol. The maximum atomic E-state index is 2.70. The second-order valence-electron chi connectivity index (χ2n) is 35.8. The average Bonchev–Trinajstić information content (AvgIpc) is 0.724. The molecule has 0 heterocycles. The molecular formula is C122H116P4. The predicted octanol–water partition coefficient (Wildman–Crippen LogP) is 29.3. The van der Waals surface area contributed by atoms with Gasteiger partial charge in [0, 0.05) is 24.6 Å². The molecule has 0 saturated heterocycles. The van der Waals surface area contributed by atoms with Gasteiger partial charge in [-0.15, -0.1) is 0 Å². The Kier molecular flexibility index (Phi) is 26.4. The first kappa shape index (κ1) is 84.7. The number of aryl methyl sites for hydroxylation is 10. The van der Waals surface area contributed by atoms with Crippen molar-refractivity contribution in [3.05, 3.63) is 452 Å². The Morgan fingerprint density at radius 1 is 0.183 bits per heavy atom. The van der Waals surface area contributed by atoms with Gasteiger partial charge in [-0.2, -0.15) is 0 Å². The molecule has 126 heavy (non-hydrogen) atoms. The van der Waals surface area contributed by atoms with E-state index in [1.807, 2.05) is 0 Å². The van der Waals surface area contributed by atoms with E-state index in [-0.39, 0.29) is 0 Å². The summed E-state index contributed by atoms with van der Waals surface area (Å²) in [6, 6.07) is 135. The highest BCUT2D eigenvalue weighted by molar-refractivity contribution is 7.73. The average molecular weight is 1710 g/mol. The summed E-state index contributed by atoms with van der Waals surface area (Å²) in [4.78, 5) is 0. The zero-order valence-electron chi connectivity index (χ0n) is 74.4. The molecule has 16 aromatic carbocycles. The van der Waals surface area contributed by atoms with Crippen LogP contribution in [0.4, 0.5) is 0 Å². The van der Waals surface area contributed by atoms with E-state index >= 15 is 0 Å². The van der Waals surface area contributed by atoms with Crippen molar-refractivity contribution < 1.29 is 0 Å². The minimum absolute atomic E-state index is 0.711. The van der Waals surface area contributed by atoms with Gasteiger partial charge in [-0.3, -0.25) is 0 Å². The molecule has 0 saturated carbocycles. The van der Waals surface area contributed by atoms with Crippen LogP contribution in [0.3, 0.4) is 0 Å². The first-order valence-electron chi connectivity index (χ1n) is 46.5. The van der Waals surface area contributed by atoms with Gasteiger partial charge in [-0.1, -0.05) is 363 Å². The Hall–Kier alpha value is -10.8. The summed E-state index contributed by atoms with van der Waals surface area (Å²) in [7, 11) is -2.92. The molecule has 0 atom stereocenters. The third-order valence-electron chi connectivity index (χ3n) is 27.4. The van der Waals surface area contributed by atoms with Gasteiger partial charge in [-0.25, -0.2) is 0 Å². The van der Waals surface area contributed by atoms with Gasteiger partial charge in [0.2, 0.25) is 0 Å². The fourth-order valence-electron chi connectivity index (χ4n) is 21.9. The van der Waals surface area contributed by atoms with Crippen LogP contribution in [-0.2, 0) is 76.0 Å². The van der Waals surface area contributed by atoms with Crippen LogP contribution in [0.5, 0.6) is 0 Å². The van der Waals surface area contributed by atoms with E-state index in [1.165, 1.54) is 172 Å². The predicted molar refractivity (Wildman–Crippen MR) is 552 cm³/mol. The number of rotatable bonds is 22. The molecule has 0 nitrogen and oxygen atoms in total. The molecule has 0 N–H and O–H groups in total. The van der Waals surface area contributed by atoms with Crippen LogP contribution >= 0.6 is 31.7 Å². The second-order valence-corrected chi connectivity index (χ2v) is 44.6. The van der Waals surface area contributed by atoms with E-state index in [2.05, 4.69) is 393 Å². The highest BCUT2D eigenvalue weighted by Crippen LogP contribution is 2.58. The summed E-state index contributed by atoms with van der Waals surface area (Å²) in [5.74, 6) is 0. The SMILES string of the molecule is Cc1cc(C)c(-c2cc3c(c(-c4c5c(cc(-c6c(C)cc(C)cc6C)c4CP(c4ccccc4)c4ccccc4)CCCC5)c2CP(c2ccccc2)c2ccccc2)CCCC3)c(C)c1.c1ccc(-c2cc3c(c(-c4c5c(cc(-c6ccccc6)c4CP(c4ccccc4)c4ccccc4)CCCC5)c2CP(c2ccccc2)c2ccccc2)CCCC3)cc1. The van der Waals surface area contributed by atoms with Gasteiger partial charge < -0.3 is 0 Å². The van der Waals surface area contributed by atoms with E-state index in [0.29, 0.717) is 0 Å². The normalized spacial score (nSPS) is 13.5. The van der Waals surface area contributed by atoms with Gasteiger partial charge in [0.05, 0.1) is 0 Å². The van der Waals surface area contributed by atoms with Crippen molar-refractivity contribution >= 4 is 74.1 Å². The lowest BCUT2D eigenvalue weighted by atomic mass is 9.73. The van der Waals surface area contributed by atoms with Gasteiger partial charge in [0.15, 0.2) is 0 Å². The molecule has 624 valence electrons. The quantitative estimate of drug-likeness (QED) is 0.0593. The van der Waals surface area contributed by atoms with Crippen molar-refractivity contribution in [3.8, 4) is 66.8 Å². The monoisotopic (exact) mass is 1700 g/mol. The first-order valence-corrected chi connectivity index (χ1v) is 52.6. The lowest BCUT2D eigenvalue weighted by molar-refractivity contribution is 0.680.